The maximum atomic E-state index is 12.9. The van der Waals surface area contributed by atoms with Crippen LogP contribution in [-0.4, -0.2) is 18.1 Å². The van der Waals surface area contributed by atoms with Gasteiger partial charge in [-0.25, -0.2) is 0 Å². The second-order valence-electron chi connectivity index (χ2n) is 5.79. The van der Waals surface area contributed by atoms with E-state index in [2.05, 4.69) is 5.16 Å². The van der Waals surface area contributed by atoms with E-state index in [0.29, 0.717) is 5.56 Å². The Bertz CT molecular complexity index is 855. The van der Waals surface area contributed by atoms with E-state index in [1.807, 2.05) is 68.4 Å². The lowest BCUT2D eigenvalue weighted by Gasteiger charge is -2.19. The standard InChI is InChI=1S/C20H20N2O2S/c1-14-18(15(2)24-21-14)13-25-19-12-8-7-11-17(19)20(23)22(3)16-9-5-4-6-10-16/h4-12H,13H2,1-3H3. The first-order valence-electron chi connectivity index (χ1n) is 8.04. The predicted octanol–water partition coefficient (Wildman–Crippen LogP) is 4.86. The van der Waals surface area contributed by atoms with Crippen molar-refractivity contribution in [2.75, 3.05) is 11.9 Å². The van der Waals surface area contributed by atoms with Crippen LogP contribution in [0.4, 0.5) is 5.69 Å². The van der Waals surface area contributed by atoms with Gasteiger partial charge in [0.2, 0.25) is 0 Å². The summed E-state index contributed by atoms with van der Waals surface area (Å²) in [7, 11) is 1.80. The van der Waals surface area contributed by atoms with Gasteiger partial charge in [0.25, 0.3) is 5.91 Å². The number of aryl methyl sites for hydroxylation is 2. The minimum Gasteiger partial charge on any atom is -0.361 e. The molecule has 4 nitrogen and oxygen atoms in total. The molecule has 3 rings (SSSR count). The largest absolute Gasteiger partial charge is 0.361 e. The third-order valence-electron chi connectivity index (χ3n) is 4.12. The fourth-order valence-corrected chi connectivity index (χ4v) is 3.77. The molecule has 3 aromatic rings. The molecule has 0 saturated carbocycles. The normalized spacial score (nSPS) is 10.7. The Kier molecular flexibility index (Phi) is 5.24. The van der Waals surface area contributed by atoms with E-state index in [1.165, 1.54) is 0 Å². The minimum atomic E-state index is -0.0203. The van der Waals surface area contributed by atoms with Gasteiger partial charge in [-0.3, -0.25) is 4.79 Å². The van der Waals surface area contributed by atoms with Crippen molar-refractivity contribution in [1.82, 2.24) is 5.16 Å². The van der Waals surface area contributed by atoms with Crippen LogP contribution in [0, 0.1) is 13.8 Å². The van der Waals surface area contributed by atoms with Gasteiger partial charge in [0.1, 0.15) is 5.76 Å². The minimum absolute atomic E-state index is 0.0203. The Morgan fingerprint density at radius 3 is 2.44 bits per heavy atom. The zero-order valence-electron chi connectivity index (χ0n) is 14.5. The topological polar surface area (TPSA) is 46.3 Å². The molecular weight excluding hydrogens is 332 g/mol. The van der Waals surface area contributed by atoms with E-state index in [9.17, 15) is 4.79 Å². The Balaban J connectivity index is 1.82. The number of thioether (sulfide) groups is 1. The van der Waals surface area contributed by atoms with Crippen molar-refractivity contribution in [2.24, 2.45) is 0 Å². The van der Waals surface area contributed by atoms with Crippen molar-refractivity contribution < 1.29 is 9.32 Å². The van der Waals surface area contributed by atoms with Crippen LogP contribution in [0.5, 0.6) is 0 Å². The molecule has 0 aliphatic carbocycles. The number of anilines is 1. The van der Waals surface area contributed by atoms with Gasteiger partial charge in [0.15, 0.2) is 0 Å². The first kappa shape index (κ1) is 17.3. The van der Waals surface area contributed by atoms with Crippen molar-refractivity contribution in [3.05, 3.63) is 77.2 Å². The zero-order valence-corrected chi connectivity index (χ0v) is 15.3. The maximum absolute atomic E-state index is 12.9. The van der Waals surface area contributed by atoms with E-state index in [0.717, 1.165) is 33.4 Å². The van der Waals surface area contributed by atoms with E-state index in [1.54, 1.807) is 23.7 Å². The third kappa shape index (κ3) is 3.77. The van der Waals surface area contributed by atoms with Gasteiger partial charge in [-0.15, -0.1) is 11.8 Å². The van der Waals surface area contributed by atoms with Crippen molar-refractivity contribution in [2.45, 2.75) is 24.5 Å². The Labute approximate surface area is 151 Å². The summed E-state index contributed by atoms with van der Waals surface area (Å²) in [6, 6.07) is 17.4. The van der Waals surface area contributed by atoms with E-state index < -0.39 is 0 Å². The van der Waals surface area contributed by atoms with Gasteiger partial charge >= 0.3 is 0 Å². The molecule has 1 heterocycles. The van der Waals surface area contributed by atoms with Crippen LogP contribution >= 0.6 is 11.8 Å². The Morgan fingerprint density at radius 1 is 1.08 bits per heavy atom. The van der Waals surface area contributed by atoms with Crippen molar-refractivity contribution >= 4 is 23.4 Å². The van der Waals surface area contributed by atoms with Gasteiger partial charge in [-0.1, -0.05) is 35.5 Å². The summed E-state index contributed by atoms with van der Waals surface area (Å²) in [5.41, 5.74) is 3.56. The fourth-order valence-electron chi connectivity index (χ4n) is 2.58. The van der Waals surface area contributed by atoms with Gasteiger partial charge in [0.05, 0.1) is 11.3 Å². The summed E-state index contributed by atoms with van der Waals surface area (Å²) in [6.07, 6.45) is 0. The van der Waals surface area contributed by atoms with E-state index in [-0.39, 0.29) is 5.91 Å². The molecule has 128 valence electrons. The van der Waals surface area contributed by atoms with Crippen LogP contribution in [-0.2, 0) is 5.75 Å². The number of para-hydroxylation sites is 1. The summed E-state index contributed by atoms with van der Waals surface area (Å²) in [5.74, 6) is 1.53. The summed E-state index contributed by atoms with van der Waals surface area (Å²) >= 11 is 1.63. The van der Waals surface area contributed by atoms with Crippen molar-refractivity contribution in [3.63, 3.8) is 0 Å². The molecule has 0 N–H and O–H groups in total. The summed E-state index contributed by atoms with van der Waals surface area (Å²) < 4.78 is 5.22. The number of rotatable bonds is 5. The molecule has 5 heteroatoms. The molecule has 25 heavy (non-hydrogen) atoms. The van der Waals surface area contributed by atoms with Gasteiger partial charge in [-0.2, -0.15) is 0 Å². The summed E-state index contributed by atoms with van der Waals surface area (Å²) in [5, 5.41) is 3.99. The monoisotopic (exact) mass is 352 g/mol. The van der Waals surface area contributed by atoms with Gasteiger partial charge in [0, 0.05) is 28.9 Å². The molecule has 0 atom stereocenters. The van der Waals surface area contributed by atoms with Gasteiger partial charge < -0.3 is 9.42 Å². The second kappa shape index (κ2) is 7.57. The molecule has 0 spiro atoms. The molecular formula is C20H20N2O2S. The highest BCUT2D eigenvalue weighted by molar-refractivity contribution is 7.98. The molecule has 0 bridgehead atoms. The highest BCUT2D eigenvalue weighted by Gasteiger charge is 2.18. The molecule has 1 aromatic heterocycles. The second-order valence-corrected chi connectivity index (χ2v) is 6.80. The Hall–Kier alpha value is -2.53. The predicted molar refractivity (Wildman–Crippen MR) is 101 cm³/mol. The molecule has 0 aliphatic rings. The van der Waals surface area contributed by atoms with Crippen molar-refractivity contribution in [3.8, 4) is 0 Å². The lowest BCUT2D eigenvalue weighted by Crippen LogP contribution is -2.26. The molecule has 2 aromatic carbocycles. The quantitative estimate of drug-likeness (QED) is 0.615. The molecule has 0 fully saturated rings. The lowest BCUT2D eigenvalue weighted by molar-refractivity contribution is 0.0990. The van der Waals surface area contributed by atoms with E-state index >= 15 is 0 Å². The number of carbonyl (C=O) groups excluding carboxylic acids is 1. The molecule has 0 aliphatic heterocycles. The number of hydrogen-bond acceptors (Lipinski definition) is 4. The Morgan fingerprint density at radius 2 is 1.76 bits per heavy atom. The van der Waals surface area contributed by atoms with Crippen LogP contribution in [0.25, 0.3) is 0 Å². The van der Waals surface area contributed by atoms with Crippen LogP contribution in [0.15, 0.2) is 64.0 Å². The van der Waals surface area contributed by atoms with Gasteiger partial charge in [-0.05, 0) is 38.1 Å². The zero-order chi connectivity index (χ0) is 17.8. The third-order valence-corrected chi connectivity index (χ3v) is 5.22. The fraction of sp³-hybridized carbons (Fsp3) is 0.200. The molecule has 0 unspecified atom stereocenters. The first-order chi connectivity index (χ1) is 12.1. The first-order valence-corrected chi connectivity index (χ1v) is 9.03. The van der Waals surface area contributed by atoms with Crippen LogP contribution in [0.1, 0.15) is 27.4 Å². The number of aromatic nitrogens is 1. The molecule has 0 radical (unpaired) electrons. The van der Waals surface area contributed by atoms with E-state index in [4.69, 9.17) is 4.52 Å². The van der Waals surface area contributed by atoms with Crippen LogP contribution < -0.4 is 4.90 Å². The average molecular weight is 352 g/mol. The highest BCUT2D eigenvalue weighted by Crippen LogP contribution is 2.30. The highest BCUT2D eigenvalue weighted by atomic mass is 32.2. The number of carbonyl (C=O) groups is 1. The summed E-state index contributed by atoms with van der Waals surface area (Å²) in [4.78, 5) is 15.6. The molecule has 1 amide bonds. The number of amides is 1. The summed E-state index contributed by atoms with van der Waals surface area (Å²) in [6.45, 7) is 3.85. The number of benzene rings is 2. The number of nitrogens with zero attached hydrogens (tertiary/aromatic N) is 2. The molecule has 0 saturated heterocycles. The lowest BCUT2D eigenvalue weighted by atomic mass is 10.2. The van der Waals surface area contributed by atoms with Crippen LogP contribution in [0.2, 0.25) is 0 Å². The smallest absolute Gasteiger partial charge is 0.259 e. The number of hydrogen-bond donors (Lipinski definition) is 0. The maximum Gasteiger partial charge on any atom is 0.259 e. The average Bonchev–Trinajstić information content (AvgIpc) is 2.97. The van der Waals surface area contributed by atoms with Crippen molar-refractivity contribution in [1.29, 1.82) is 0 Å². The van der Waals surface area contributed by atoms with Crippen LogP contribution in [0.3, 0.4) is 0 Å². The SMILES string of the molecule is Cc1noc(C)c1CSc1ccccc1C(=O)N(C)c1ccccc1.